The molecule has 0 amide bonds. The third-order valence-electron chi connectivity index (χ3n) is 11.0. The van der Waals surface area contributed by atoms with Gasteiger partial charge in [0.15, 0.2) is 0 Å². The first kappa shape index (κ1) is 43.8. The van der Waals surface area contributed by atoms with Crippen LogP contribution >= 0.6 is 0 Å². The molecule has 0 radical (unpaired) electrons. The summed E-state index contributed by atoms with van der Waals surface area (Å²) < 4.78 is 1.42. The zero-order valence-corrected chi connectivity index (χ0v) is 38.3. The number of fused-ring (bicyclic) bond motifs is 5. The molecule has 0 N–H and O–H groups in total. The Balaban J connectivity index is 0.000000208. The maximum Gasteiger partial charge on any atom is 0.00178 e. The van der Waals surface area contributed by atoms with Crippen molar-refractivity contribution in [2.75, 3.05) is 0 Å². The van der Waals surface area contributed by atoms with Crippen molar-refractivity contribution < 1.29 is 49.0 Å². The largest absolute Gasteiger partial charge is 1.00 e. The number of allylic oxidation sites excluding steroid dienone is 8. The van der Waals surface area contributed by atoms with E-state index >= 15 is 0 Å². The Labute approximate surface area is 353 Å². The molecule has 0 aliphatic heterocycles. The fraction of sp³-hybridized carbons (Fsp3) is 0.333. The summed E-state index contributed by atoms with van der Waals surface area (Å²) in [5, 5.41) is 5.57. The van der Waals surface area contributed by atoms with Gasteiger partial charge in [0.1, 0.15) is 0 Å². The molecular formula is C51H56Cl2Zr-2. The normalized spacial score (nSPS) is 15.9. The van der Waals surface area contributed by atoms with Crippen molar-refractivity contribution in [3.8, 4) is 0 Å². The van der Waals surface area contributed by atoms with Crippen molar-refractivity contribution in [1.82, 2.24) is 0 Å². The van der Waals surface area contributed by atoms with Crippen molar-refractivity contribution in [3.63, 3.8) is 0 Å². The minimum Gasteiger partial charge on any atom is -1.00 e. The fourth-order valence-corrected chi connectivity index (χ4v) is 8.82. The molecule has 0 heterocycles. The van der Waals surface area contributed by atoms with E-state index in [-0.39, 0.29) is 46.5 Å². The third-order valence-corrected chi connectivity index (χ3v) is 12.5. The van der Waals surface area contributed by atoms with E-state index in [1.54, 1.807) is 0 Å². The minimum atomic E-state index is 0. The van der Waals surface area contributed by atoms with Gasteiger partial charge in [-0.2, -0.15) is 6.08 Å². The molecule has 0 bridgehead atoms. The van der Waals surface area contributed by atoms with Crippen LogP contribution in [-0.2, 0) is 45.9 Å². The first-order valence-corrected chi connectivity index (χ1v) is 20.1. The van der Waals surface area contributed by atoms with Crippen molar-refractivity contribution >= 4 is 35.9 Å². The van der Waals surface area contributed by atoms with Crippen LogP contribution in [0.3, 0.4) is 0 Å². The standard InChI is InChI=1S/C25H25.C21H26.C5H5.2ClH.Zr/c1-14-12-24(3,4)22-8-16-7-17-9-23-19(15(2)13-25(23,5)6)11-21(17)20(16)10-18(14)22;1-20(2,3)18-11-7-16(8-12-18)15-17-9-13-19(14-10-17)21(4,5)6;1-2-4-5-3-1;;;/h7-13H,1-6H3;7-14H,1-6H3;1-3H,4H2;2*1H;/q-1;;-1;;;+2/p-2. The maximum atomic E-state index is 2.99. The van der Waals surface area contributed by atoms with Gasteiger partial charge in [-0.3, -0.25) is 6.08 Å². The van der Waals surface area contributed by atoms with Gasteiger partial charge in [-0.05, 0) is 36.1 Å². The summed E-state index contributed by atoms with van der Waals surface area (Å²) in [6.07, 6.45) is 14.8. The quantitative estimate of drug-likeness (QED) is 0.160. The molecule has 8 rings (SSSR count). The average molecular weight is 831 g/mol. The molecule has 0 unspecified atom stereocenters. The van der Waals surface area contributed by atoms with Gasteiger partial charge < -0.3 is 24.8 Å². The van der Waals surface area contributed by atoms with Gasteiger partial charge in [0, 0.05) is 10.8 Å². The van der Waals surface area contributed by atoms with Gasteiger partial charge in [-0.1, -0.05) is 63.1 Å². The van der Waals surface area contributed by atoms with E-state index in [1.165, 1.54) is 105 Å². The van der Waals surface area contributed by atoms with E-state index in [0.29, 0.717) is 0 Å². The van der Waals surface area contributed by atoms with Crippen molar-refractivity contribution in [2.45, 2.75) is 111 Å². The number of hydrogen-bond acceptors (Lipinski definition) is 0. The summed E-state index contributed by atoms with van der Waals surface area (Å²) in [5.74, 6) is 0. The van der Waals surface area contributed by atoms with E-state index in [2.05, 4.69) is 186 Å². The second-order valence-corrected chi connectivity index (χ2v) is 19.5. The average Bonchev–Trinajstić information content (AvgIpc) is 3.85. The van der Waals surface area contributed by atoms with E-state index in [0.717, 1.165) is 6.42 Å². The van der Waals surface area contributed by atoms with Crippen LogP contribution in [0, 0.1) is 6.08 Å². The van der Waals surface area contributed by atoms with Crippen LogP contribution in [0.1, 0.15) is 134 Å². The summed E-state index contributed by atoms with van der Waals surface area (Å²) >= 11 is 1.46. The van der Waals surface area contributed by atoms with E-state index in [4.69, 9.17) is 0 Å². The minimum absolute atomic E-state index is 0. The molecule has 0 saturated carbocycles. The molecule has 0 saturated heterocycles. The Hall–Kier alpha value is -2.96. The number of benzene rings is 4. The van der Waals surface area contributed by atoms with Gasteiger partial charge in [0.05, 0.1) is 0 Å². The molecule has 0 aromatic heterocycles. The van der Waals surface area contributed by atoms with Crippen LogP contribution in [0.4, 0.5) is 0 Å². The number of rotatable bonds is 2. The molecule has 3 heteroatoms. The molecule has 5 aromatic rings. The Morgan fingerprint density at radius 1 is 0.630 bits per heavy atom. The van der Waals surface area contributed by atoms with Crippen LogP contribution < -0.4 is 24.8 Å². The Bertz CT molecular complexity index is 2130. The number of hydrogen-bond donors (Lipinski definition) is 0. The molecule has 0 atom stereocenters. The molecule has 280 valence electrons. The molecule has 5 aromatic carbocycles. The second-order valence-electron chi connectivity index (χ2n) is 18.2. The predicted octanol–water partition coefficient (Wildman–Crippen LogP) is 7.81. The molecule has 54 heavy (non-hydrogen) atoms. The molecule has 0 fully saturated rings. The Kier molecular flexibility index (Phi) is 13.2. The predicted molar refractivity (Wildman–Crippen MR) is 225 cm³/mol. The number of halogens is 2. The maximum absolute atomic E-state index is 2.99. The zero-order valence-electron chi connectivity index (χ0n) is 34.4. The molecule has 0 nitrogen and oxygen atoms in total. The van der Waals surface area contributed by atoms with Gasteiger partial charge in [-0.25, -0.2) is 12.2 Å². The summed E-state index contributed by atoms with van der Waals surface area (Å²) in [7, 11) is 0. The first-order chi connectivity index (χ1) is 24.3. The monoisotopic (exact) mass is 828 g/mol. The third kappa shape index (κ3) is 9.02. The smallest absolute Gasteiger partial charge is 0.00178 e. The van der Waals surface area contributed by atoms with Crippen LogP contribution in [0.5, 0.6) is 0 Å². The van der Waals surface area contributed by atoms with Crippen LogP contribution in [-0.4, -0.2) is 3.21 Å². The first-order valence-electron chi connectivity index (χ1n) is 18.9. The van der Waals surface area contributed by atoms with Gasteiger partial charge >= 0.3 is 151 Å². The second kappa shape index (κ2) is 16.3. The summed E-state index contributed by atoms with van der Waals surface area (Å²) in [4.78, 5) is 0. The van der Waals surface area contributed by atoms with E-state index in [1.807, 2.05) is 12.2 Å². The van der Waals surface area contributed by atoms with Gasteiger partial charge in [-0.15, -0.1) is 46.2 Å². The van der Waals surface area contributed by atoms with E-state index < -0.39 is 0 Å². The fourth-order valence-electron chi connectivity index (χ4n) is 8.00. The van der Waals surface area contributed by atoms with Crippen LogP contribution in [0.25, 0.3) is 32.7 Å². The van der Waals surface area contributed by atoms with Crippen LogP contribution in [0.15, 0.2) is 109 Å². The Morgan fingerprint density at radius 2 is 1.02 bits per heavy atom. The topological polar surface area (TPSA) is 0 Å². The zero-order chi connectivity index (χ0) is 37.8. The van der Waals surface area contributed by atoms with Crippen molar-refractivity contribution in [1.29, 1.82) is 0 Å². The van der Waals surface area contributed by atoms with E-state index in [9.17, 15) is 0 Å². The van der Waals surface area contributed by atoms with Gasteiger partial charge in [0.2, 0.25) is 0 Å². The van der Waals surface area contributed by atoms with Gasteiger partial charge in [0.25, 0.3) is 0 Å². The molecular weight excluding hydrogens is 775 g/mol. The van der Waals surface area contributed by atoms with Crippen molar-refractivity contribution in [2.24, 2.45) is 0 Å². The molecule has 3 aliphatic rings. The SMILES string of the molecule is CC(C)(C)c1ccc([C](=[Zr+2])c2ccc(C(C)(C)C)cc2)cc1.CC1=CC(C)(C)c2cc3[cH-]c4cc5c(cc4c3cc21)C(C)=CC5(C)C.[C-]1=CC=CC1.[Cl-].[Cl-]. The molecule has 0 spiro atoms. The summed E-state index contributed by atoms with van der Waals surface area (Å²) in [6, 6.07) is 30.2. The molecule has 3 aliphatic carbocycles. The Morgan fingerprint density at radius 3 is 1.31 bits per heavy atom. The summed E-state index contributed by atoms with van der Waals surface area (Å²) in [6.45, 7) is 27.3. The summed E-state index contributed by atoms with van der Waals surface area (Å²) in [5.41, 5.74) is 14.8. The van der Waals surface area contributed by atoms with Crippen LogP contribution in [0.2, 0.25) is 0 Å². The van der Waals surface area contributed by atoms with Crippen molar-refractivity contribution in [3.05, 3.63) is 160 Å².